The number of alkyl halides is 3. The first-order valence-corrected chi connectivity index (χ1v) is 1.90. The zero-order valence-electron chi connectivity index (χ0n) is 4.20. The Labute approximate surface area is 44.4 Å². The molecule has 0 radical (unpaired) electrons. The highest BCUT2D eigenvalue weighted by Crippen LogP contribution is 2.20. The molecule has 0 bridgehead atoms. The molecular weight excluding hydrogens is 123 g/mol. The fourth-order valence-corrected chi connectivity index (χ4v) is 0.0772. The molecule has 8 heavy (non-hydrogen) atoms. The van der Waals surface area contributed by atoms with E-state index in [1.807, 2.05) is 0 Å². The van der Waals surface area contributed by atoms with Gasteiger partial charge in [0.15, 0.2) is 6.10 Å². The Kier molecular flexibility index (Phi) is 2.24. The van der Waals surface area contributed by atoms with Gasteiger partial charge in [0.25, 0.3) is 0 Å². The maximum absolute atomic E-state index is 11.2. The molecule has 0 fully saturated rings. The molecule has 0 spiro atoms. The molecule has 1 atom stereocenters. The van der Waals surface area contributed by atoms with Gasteiger partial charge < -0.3 is 0 Å². The highest BCUT2D eigenvalue weighted by atomic mass is 19.4. The van der Waals surface area contributed by atoms with Crippen LogP contribution in [-0.2, 0) is 4.84 Å². The van der Waals surface area contributed by atoms with Crippen molar-refractivity contribution in [2.75, 3.05) is 0 Å². The van der Waals surface area contributed by atoms with Crippen molar-refractivity contribution in [2.24, 2.45) is 5.90 Å². The molecule has 0 amide bonds. The highest BCUT2D eigenvalue weighted by Gasteiger charge is 2.36. The number of rotatable bonds is 1. The Morgan fingerprint density at radius 3 is 1.88 bits per heavy atom. The van der Waals surface area contributed by atoms with Gasteiger partial charge in [-0.1, -0.05) is 0 Å². The first-order valence-electron chi connectivity index (χ1n) is 1.90. The topological polar surface area (TPSA) is 35.2 Å². The van der Waals surface area contributed by atoms with Crippen LogP contribution in [0.1, 0.15) is 6.92 Å². The fourth-order valence-electron chi connectivity index (χ4n) is 0.0772. The van der Waals surface area contributed by atoms with Crippen LogP contribution in [0.15, 0.2) is 0 Å². The Morgan fingerprint density at radius 2 is 1.88 bits per heavy atom. The van der Waals surface area contributed by atoms with Crippen molar-refractivity contribution in [2.45, 2.75) is 19.2 Å². The van der Waals surface area contributed by atoms with E-state index >= 15 is 0 Å². The molecular formula is C3H6F3NO. The predicted octanol–water partition coefficient (Wildman–Crippen LogP) is 0.828. The molecule has 0 rings (SSSR count). The third-order valence-corrected chi connectivity index (χ3v) is 0.665. The third kappa shape index (κ3) is 2.13. The van der Waals surface area contributed by atoms with Gasteiger partial charge in [-0.2, -0.15) is 13.2 Å². The summed E-state index contributed by atoms with van der Waals surface area (Å²) in [4.78, 5) is 3.49. The molecule has 0 aliphatic carbocycles. The van der Waals surface area contributed by atoms with Gasteiger partial charge in [0, 0.05) is 0 Å². The summed E-state index contributed by atoms with van der Waals surface area (Å²) in [6, 6.07) is 0. The van der Waals surface area contributed by atoms with Gasteiger partial charge in [0.05, 0.1) is 0 Å². The molecule has 0 aliphatic heterocycles. The summed E-state index contributed by atoms with van der Waals surface area (Å²) in [5.74, 6) is 4.24. The van der Waals surface area contributed by atoms with Gasteiger partial charge in [-0.05, 0) is 6.92 Å². The van der Waals surface area contributed by atoms with E-state index in [9.17, 15) is 13.2 Å². The summed E-state index contributed by atoms with van der Waals surface area (Å²) in [6.07, 6.45) is -6.21. The van der Waals surface area contributed by atoms with Gasteiger partial charge in [0.1, 0.15) is 0 Å². The lowest BCUT2D eigenvalue weighted by atomic mass is 10.4. The van der Waals surface area contributed by atoms with Gasteiger partial charge in [-0.25, -0.2) is 5.90 Å². The quantitative estimate of drug-likeness (QED) is 0.532. The minimum Gasteiger partial charge on any atom is -0.292 e. The molecule has 0 saturated carbocycles. The van der Waals surface area contributed by atoms with Crippen LogP contribution < -0.4 is 5.90 Å². The largest absolute Gasteiger partial charge is 0.416 e. The smallest absolute Gasteiger partial charge is 0.292 e. The van der Waals surface area contributed by atoms with Crippen LogP contribution in [0, 0.1) is 0 Å². The standard InChI is InChI=1S/C3H6F3NO/c1-2(8-7)3(4,5)6/h2H,7H2,1H3. The number of halogens is 3. The summed E-state index contributed by atoms with van der Waals surface area (Å²) in [5, 5.41) is 0. The van der Waals surface area contributed by atoms with Crippen molar-refractivity contribution >= 4 is 0 Å². The Morgan fingerprint density at radius 1 is 1.50 bits per heavy atom. The first kappa shape index (κ1) is 7.71. The van der Waals surface area contributed by atoms with Crippen molar-refractivity contribution in [1.82, 2.24) is 0 Å². The number of hydrogen-bond donors (Lipinski definition) is 1. The van der Waals surface area contributed by atoms with Crippen molar-refractivity contribution in [3.63, 3.8) is 0 Å². The average molecular weight is 129 g/mol. The highest BCUT2D eigenvalue weighted by molar-refractivity contribution is 4.57. The molecule has 2 N–H and O–H groups in total. The molecule has 1 unspecified atom stereocenters. The molecule has 2 nitrogen and oxygen atoms in total. The molecule has 0 aromatic rings. The minimum atomic E-state index is -4.34. The van der Waals surface area contributed by atoms with Crippen molar-refractivity contribution < 1.29 is 18.0 Å². The van der Waals surface area contributed by atoms with Crippen LogP contribution in [0.4, 0.5) is 13.2 Å². The monoisotopic (exact) mass is 129 g/mol. The fraction of sp³-hybridized carbons (Fsp3) is 1.00. The van der Waals surface area contributed by atoms with Gasteiger partial charge >= 0.3 is 6.18 Å². The molecule has 0 aromatic carbocycles. The van der Waals surface area contributed by atoms with E-state index in [4.69, 9.17) is 0 Å². The van der Waals surface area contributed by atoms with E-state index in [-0.39, 0.29) is 0 Å². The van der Waals surface area contributed by atoms with E-state index in [1.165, 1.54) is 0 Å². The summed E-state index contributed by atoms with van der Waals surface area (Å²) in [5.41, 5.74) is 0. The van der Waals surface area contributed by atoms with E-state index in [0.29, 0.717) is 0 Å². The zero-order chi connectivity index (χ0) is 6.78. The molecule has 0 aliphatic rings. The van der Waals surface area contributed by atoms with E-state index in [0.717, 1.165) is 6.92 Å². The predicted molar refractivity (Wildman–Crippen MR) is 20.8 cm³/mol. The lowest BCUT2D eigenvalue weighted by molar-refractivity contribution is -0.215. The first-order chi connectivity index (χ1) is 3.48. The average Bonchev–Trinajstić information content (AvgIpc) is 1.62. The van der Waals surface area contributed by atoms with Gasteiger partial charge in [-0.3, -0.25) is 4.84 Å². The van der Waals surface area contributed by atoms with Crippen LogP contribution in [0.3, 0.4) is 0 Å². The molecule has 5 heteroatoms. The normalized spacial score (nSPS) is 16.1. The summed E-state index contributed by atoms with van der Waals surface area (Å²) in [6.45, 7) is 0.833. The third-order valence-electron chi connectivity index (χ3n) is 0.665. The van der Waals surface area contributed by atoms with Crippen molar-refractivity contribution in [3.05, 3.63) is 0 Å². The van der Waals surface area contributed by atoms with Crippen LogP contribution in [0.25, 0.3) is 0 Å². The Hall–Kier alpha value is -0.290. The van der Waals surface area contributed by atoms with Crippen molar-refractivity contribution in [1.29, 1.82) is 0 Å². The SMILES string of the molecule is CC(ON)C(F)(F)F. The van der Waals surface area contributed by atoms with Crippen LogP contribution in [0.5, 0.6) is 0 Å². The van der Waals surface area contributed by atoms with Gasteiger partial charge in [0.2, 0.25) is 0 Å². The molecule has 0 aromatic heterocycles. The van der Waals surface area contributed by atoms with Crippen LogP contribution >= 0.6 is 0 Å². The minimum absolute atomic E-state index is 0.833. The lowest BCUT2D eigenvalue weighted by Crippen LogP contribution is -2.30. The van der Waals surface area contributed by atoms with Crippen LogP contribution in [-0.4, -0.2) is 12.3 Å². The van der Waals surface area contributed by atoms with E-state index in [1.54, 1.807) is 0 Å². The number of hydrogen-bond acceptors (Lipinski definition) is 2. The molecule has 0 saturated heterocycles. The van der Waals surface area contributed by atoms with Crippen LogP contribution in [0.2, 0.25) is 0 Å². The second-order valence-corrected chi connectivity index (χ2v) is 1.32. The Balaban J connectivity index is 3.62. The maximum Gasteiger partial charge on any atom is 0.416 e. The molecule has 0 heterocycles. The molecule has 50 valence electrons. The number of nitrogens with two attached hydrogens (primary N) is 1. The summed E-state index contributed by atoms with van der Waals surface area (Å²) in [7, 11) is 0. The summed E-state index contributed by atoms with van der Waals surface area (Å²) >= 11 is 0. The van der Waals surface area contributed by atoms with E-state index < -0.39 is 12.3 Å². The second kappa shape index (κ2) is 2.32. The zero-order valence-corrected chi connectivity index (χ0v) is 4.20. The van der Waals surface area contributed by atoms with Gasteiger partial charge in [-0.15, -0.1) is 0 Å². The maximum atomic E-state index is 11.2. The van der Waals surface area contributed by atoms with E-state index in [2.05, 4.69) is 10.7 Å². The van der Waals surface area contributed by atoms with Crippen molar-refractivity contribution in [3.8, 4) is 0 Å². The Bertz CT molecular complexity index is 71.4. The lowest BCUT2D eigenvalue weighted by Gasteiger charge is -2.11. The summed E-state index contributed by atoms with van der Waals surface area (Å²) < 4.78 is 33.7. The second-order valence-electron chi connectivity index (χ2n) is 1.32.